The van der Waals surface area contributed by atoms with Gasteiger partial charge in [0.15, 0.2) is 0 Å². The fourth-order valence-corrected chi connectivity index (χ4v) is 2.04. The van der Waals surface area contributed by atoms with Crippen LogP contribution in [0.3, 0.4) is 0 Å². The molecule has 2 amide bonds. The van der Waals surface area contributed by atoms with E-state index in [-0.39, 0.29) is 6.03 Å². The van der Waals surface area contributed by atoms with Gasteiger partial charge in [-0.1, -0.05) is 24.3 Å². The van der Waals surface area contributed by atoms with E-state index in [1.54, 1.807) is 7.11 Å². The molecule has 0 atom stereocenters. The smallest absolute Gasteiger partial charge is 0.319 e. The number of rotatable bonds is 7. The Morgan fingerprint density at radius 3 is 2.43 bits per heavy atom. The third-order valence-electron chi connectivity index (χ3n) is 3.25. The van der Waals surface area contributed by atoms with Crippen LogP contribution in [0.5, 0.6) is 5.75 Å². The number of nitrogens with two attached hydrogens (primary N) is 1. The number of nitrogens with one attached hydrogen (secondary N) is 3. The number of amides is 2. The number of urea groups is 1. The minimum Gasteiger partial charge on any atom is -0.497 e. The molecule has 0 aromatic heterocycles. The molecule has 0 radical (unpaired) electrons. The van der Waals surface area contributed by atoms with E-state index in [4.69, 9.17) is 10.5 Å². The predicted octanol–water partition coefficient (Wildman–Crippen LogP) is 2.39. The minimum atomic E-state index is -0.269. The molecule has 0 aliphatic carbocycles. The molecule has 0 saturated heterocycles. The number of ether oxygens (including phenoxy) is 1. The first-order valence-corrected chi connectivity index (χ1v) is 7.43. The van der Waals surface area contributed by atoms with Gasteiger partial charge in [-0.25, -0.2) is 4.79 Å². The number of hydrogen-bond acceptors (Lipinski definition) is 4. The van der Waals surface area contributed by atoms with E-state index in [1.807, 2.05) is 48.5 Å². The van der Waals surface area contributed by atoms with Crippen molar-refractivity contribution in [3.63, 3.8) is 0 Å². The van der Waals surface area contributed by atoms with Gasteiger partial charge in [0.1, 0.15) is 5.75 Å². The number of carbonyl (C=O) groups is 1. The summed E-state index contributed by atoms with van der Waals surface area (Å²) in [6, 6.07) is 15.1. The zero-order valence-corrected chi connectivity index (χ0v) is 13.1. The molecule has 2 aromatic carbocycles. The number of methoxy groups -OCH3 is 1. The van der Waals surface area contributed by atoms with Crippen LogP contribution >= 0.6 is 0 Å². The Bertz CT molecular complexity index is 629. The summed E-state index contributed by atoms with van der Waals surface area (Å²) in [4.78, 5) is 11.7. The second-order valence-corrected chi connectivity index (χ2v) is 4.92. The zero-order chi connectivity index (χ0) is 16.5. The zero-order valence-electron chi connectivity index (χ0n) is 13.1. The second kappa shape index (κ2) is 8.65. The van der Waals surface area contributed by atoms with Crippen molar-refractivity contribution in [3.8, 4) is 5.75 Å². The molecule has 6 nitrogen and oxygen atoms in total. The lowest BCUT2D eigenvalue weighted by molar-refractivity contribution is 0.252. The molecule has 5 N–H and O–H groups in total. The highest BCUT2D eigenvalue weighted by Crippen LogP contribution is 2.22. The normalized spacial score (nSPS) is 10.0. The van der Waals surface area contributed by atoms with E-state index in [1.165, 1.54) is 0 Å². The molecule has 2 aromatic rings. The van der Waals surface area contributed by atoms with E-state index in [2.05, 4.69) is 16.0 Å². The van der Waals surface area contributed by atoms with Crippen molar-refractivity contribution >= 4 is 17.4 Å². The summed E-state index contributed by atoms with van der Waals surface area (Å²) < 4.78 is 5.14. The van der Waals surface area contributed by atoms with E-state index >= 15 is 0 Å². The summed E-state index contributed by atoms with van der Waals surface area (Å²) in [7, 11) is 1.64. The number of hydrogen-bond donors (Lipinski definition) is 4. The van der Waals surface area contributed by atoms with Crippen molar-refractivity contribution in [2.75, 3.05) is 30.8 Å². The average Bonchev–Trinajstić information content (AvgIpc) is 2.59. The highest BCUT2D eigenvalue weighted by atomic mass is 16.5. The fraction of sp³-hybridized carbons (Fsp3) is 0.235. The summed E-state index contributed by atoms with van der Waals surface area (Å²) in [5.41, 5.74) is 8.06. The maximum atomic E-state index is 11.7. The van der Waals surface area contributed by atoms with Gasteiger partial charge in [-0.05, 0) is 29.8 Å². The Kier molecular flexibility index (Phi) is 6.26. The predicted molar refractivity (Wildman–Crippen MR) is 92.8 cm³/mol. The number of benzene rings is 2. The second-order valence-electron chi connectivity index (χ2n) is 4.92. The summed E-state index contributed by atoms with van der Waals surface area (Å²) in [5, 5.41) is 8.81. The molecule has 0 fully saturated rings. The molecule has 0 aliphatic rings. The first-order chi connectivity index (χ1) is 11.2. The molecule has 0 bridgehead atoms. The summed E-state index contributed by atoms with van der Waals surface area (Å²) >= 11 is 0. The molecule has 0 aliphatic heterocycles. The van der Waals surface area contributed by atoms with E-state index in [9.17, 15) is 4.79 Å². The minimum absolute atomic E-state index is 0.269. The molecule has 6 heteroatoms. The number of carbonyl (C=O) groups excluding carboxylic acids is 1. The van der Waals surface area contributed by atoms with Gasteiger partial charge in [0.25, 0.3) is 0 Å². The van der Waals surface area contributed by atoms with Crippen LogP contribution in [-0.4, -0.2) is 26.2 Å². The van der Waals surface area contributed by atoms with Crippen molar-refractivity contribution in [2.24, 2.45) is 5.73 Å². The molecule has 0 unspecified atom stereocenters. The molecule has 23 heavy (non-hydrogen) atoms. The van der Waals surface area contributed by atoms with Crippen molar-refractivity contribution in [1.29, 1.82) is 0 Å². The van der Waals surface area contributed by atoms with Crippen LogP contribution in [0.4, 0.5) is 16.2 Å². The van der Waals surface area contributed by atoms with Gasteiger partial charge in [0.05, 0.1) is 18.5 Å². The van der Waals surface area contributed by atoms with Crippen LogP contribution in [-0.2, 0) is 6.54 Å². The first-order valence-electron chi connectivity index (χ1n) is 7.43. The van der Waals surface area contributed by atoms with Gasteiger partial charge in [-0.3, -0.25) is 0 Å². The van der Waals surface area contributed by atoms with Gasteiger partial charge < -0.3 is 26.4 Å². The SMILES string of the molecule is COc1ccc(CNc2ccccc2NC(=O)NCCN)cc1. The standard InChI is InChI=1S/C17H22N4O2/c1-23-14-8-6-13(7-9-14)12-20-15-4-2-3-5-16(15)21-17(22)19-11-10-18/h2-9,20H,10-12,18H2,1H3,(H2,19,21,22). The van der Waals surface area contributed by atoms with Crippen LogP contribution in [0, 0.1) is 0 Å². The molecular weight excluding hydrogens is 292 g/mol. The highest BCUT2D eigenvalue weighted by molar-refractivity contribution is 5.92. The van der Waals surface area contributed by atoms with Crippen molar-refractivity contribution in [2.45, 2.75) is 6.54 Å². The van der Waals surface area contributed by atoms with E-state index < -0.39 is 0 Å². The summed E-state index contributed by atoms with van der Waals surface area (Å²) in [6.07, 6.45) is 0. The van der Waals surface area contributed by atoms with Crippen molar-refractivity contribution in [1.82, 2.24) is 5.32 Å². The third kappa shape index (κ3) is 5.19. The Morgan fingerprint density at radius 1 is 1.09 bits per heavy atom. The highest BCUT2D eigenvalue weighted by Gasteiger charge is 2.05. The number of para-hydroxylation sites is 2. The number of anilines is 2. The molecule has 0 saturated carbocycles. The van der Waals surface area contributed by atoms with Gasteiger partial charge in [0.2, 0.25) is 0 Å². The Labute approximate surface area is 136 Å². The summed E-state index contributed by atoms with van der Waals surface area (Å²) in [6.45, 7) is 1.49. The van der Waals surface area contributed by atoms with Gasteiger partial charge in [-0.15, -0.1) is 0 Å². The quantitative estimate of drug-likeness (QED) is 0.632. The van der Waals surface area contributed by atoms with E-state index in [0.717, 1.165) is 22.7 Å². The molecular formula is C17H22N4O2. The van der Waals surface area contributed by atoms with Gasteiger partial charge in [-0.2, -0.15) is 0 Å². The maximum Gasteiger partial charge on any atom is 0.319 e. The first kappa shape index (κ1) is 16.6. The molecule has 2 rings (SSSR count). The monoisotopic (exact) mass is 314 g/mol. The molecule has 122 valence electrons. The van der Waals surface area contributed by atoms with Crippen molar-refractivity contribution in [3.05, 3.63) is 54.1 Å². The lowest BCUT2D eigenvalue weighted by atomic mass is 10.2. The van der Waals surface area contributed by atoms with Crippen LogP contribution < -0.4 is 26.4 Å². The largest absolute Gasteiger partial charge is 0.497 e. The van der Waals surface area contributed by atoms with Gasteiger partial charge >= 0.3 is 6.03 Å². The van der Waals surface area contributed by atoms with E-state index in [0.29, 0.717) is 19.6 Å². The van der Waals surface area contributed by atoms with Crippen molar-refractivity contribution < 1.29 is 9.53 Å². The Morgan fingerprint density at radius 2 is 1.78 bits per heavy atom. The summed E-state index contributed by atoms with van der Waals surface area (Å²) in [5.74, 6) is 0.826. The van der Waals surface area contributed by atoms with Crippen LogP contribution in [0.1, 0.15) is 5.56 Å². The molecule has 0 heterocycles. The average molecular weight is 314 g/mol. The topological polar surface area (TPSA) is 88.4 Å². The van der Waals surface area contributed by atoms with Crippen LogP contribution in [0.15, 0.2) is 48.5 Å². The maximum absolute atomic E-state index is 11.7. The fourth-order valence-electron chi connectivity index (χ4n) is 2.04. The van der Waals surface area contributed by atoms with Gasteiger partial charge in [0, 0.05) is 19.6 Å². The Hall–Kier alpha value is -2.73. The lowest BCUT2D eigenvalue weighted by Gasteiger charge is -2.13. The molecule has 0 spiro atoms. The van der Waals surface area contributed by atoms with Crippen LogP contribution in [0.25, 0.3) is 0 Å². The third-order valence-corrected chi connectivity index (χ3v) is 3.25. The Balaban J connectivity index is 1.97. The van der Waals surface area contributed by atoms with Crippen LogP contribution in [0.2, 0.25) is 0 Å². The lowest BCUT2D eigenvalue weighted by Crippen LogP contribution is -2.33.